The van der Waals surface area contributed by atoms with Gasteiger partial charge in [-0.25, -0.2) is 0 Å². The van der Waals surface area contributed by atoms with E-state index in [1.54, 1.807) is 7.11 Å². The minimum Gasteiger partial charge on any atom is -0.496 e. The first-order valence-electron chi connectivity index (χ1n) is 26.9. The van der Waals surface area contributed by atoms with Crippen LogP contribution < -0.4 is 23.7 Å². The molecular formula is C60H94O5. The Bertz CT molecular complexity index is 1580. The summed E-state index contributed by atoms with van der Waals surface area (Å²) in [6.07, 6.45) is 44.9. The van der Waals surface area contributed by atoms with Crippen molar-refractivity contribution in [1.29, 1.82) is 0 Å². The van der Waals surface area contributed by atoms with Gasteiger partial charge in [0.1, 0.15) is 18.1 Å². The predicted octanol–water partition coefficient (Wildman–Crippen LogP) is 19.0. The molecule has 0 atom stereocenters. The Morgan fingerprint density at radius 3 is 1.22 bits per heavy atom. The standard InChI is InChI=1S/C60H94O5/c1-6-10-13-16-19-22-25-28-31-34-45-62-58-48-54(51-65-56-43-44-57(61-5)55(50-56)42-41-53-39-37-52(9-4)38-40-53)49-59(63-46-35-32-29-26-23-20-17-14-11-7-2)60(58)64-47-36-33-30-27-24-21-18-15-12-8-3/h9,37-44,48-50H,4,6-8,10-36,45-47,51H2,1-3,5H3. The van der Waals surface area contributed by atoms with Crippen molar-refractivity contribution >= 4 is 18.2 Å². The first-order valence-corrected chi connectivity index (χ1v) is 26.9. The van der Waals surface area contributed by atoms with Crippen LogP contribution in [-0.2, 0) is 6.61 Å². The smallest absolute Gasteiger partial charge is 0.203 e. The van der Waals surface area contributed by atoms with E-state index in [-0.39, 0.29) is 0 Å². The largest absolute Gasteiger partial charge is 0.496 e. The highest BCUT2D eigenvalue weighted by molar-refractivity contribution is 5.73. The molecule has 364 valence electrons. The summed E-state index contributed by atoms with van der Waals surface area (Å²) in [5, 5.41) is 0. The molecule has 5 heteroatoms. The number of methoxy groups -OCH3 is 1. The molecule has 0 bridgehead atoms. The quantitative estimate of drug-likeness (QED) is 0.0418. The molecule has 0 aliphatic heterocycles. The molecule has 0 heterocycles. The maximum absolute atomic E-state index is 6.66. The fourth-order valence-electron chi connectivity index (χ4n) is 8.41. The highest BCUT2D eigenvalue weighted by atomic mass is 16.5. The molecule has 0 N–H and O–H groups in total. The van der Waals surface area contributed by atoms with Crippen LogP contribution in [0.1, 0.15) is 236 Å². The molecule has 3 rings (SSSR count). The highest BCUT2D eigenvalue weighted by Crippen LogP contribution is 2.40. The molecule has 3 aromatic carbocycles. The molecule has 3 aromatic rings. The van der Waals surface area contributed by atoms with E-state index < -0.39 is 0 Å². The van der Waals surface area contributed by atoms with Crippen molar-refractivity contribution < 1.29 is 23.7 Å². The van der Waals surface area contributed by atoms with Gasteiger partial charge < -0.3 is 23.7 Å². The van der Waals surface area contributed by atoms with E-state index in [9.17, 15) is 0 Å². The van der Waals surface area contributed by atoms with Crippen molar-refractivity contribution in [1.82, 2.24) is 0 Å². The van der Waals surface area contributed by atoms with Crippen molar-refractivity contribution in [2.75, 3.05) is 26.9 Å². The molecule has 0 spiro atoms. The zero-order valence-electron chi connectivity index (χ0n) is 42.2. The van der Waals surface area contributed by atoms with Gasteiger partial charge in [-0.15, -0.1) is 0 Å². The third kappa shape index (κ3) is 26.2. The molecule has 0 radical (unpaired) electrons. The van der Waals surface area contributed by atoms with Gasteiger partial charge in [-0.2, -0.15) is 0 Å². The summed E-state index contributed by atoms with van der Waals surface area (Å²) in [7, 11) is 1.71. The van der Waals surface area contributed by atoms with Crippen molar-refractivity contribution in [3.8, 4) is 28.7 Å². The third-order valence-corrected chi connectivity index (χ3v) is 12.6. The lowest BCUT2D eigenvalue weighted by Crippen LogP contribution is -2.08. The van der Waals surface area contributed by atoms with Gasteiger partial charge in [0.2, 0.25) is 5.75 Å². The number of benzene rings is 3. The zero-order valence-corrected chi connectivity index (χ0v) is 42.2. The number of hydrogen-bond acceptors (Lipinski definition) is 5. The molecule has 5 nitrogen and oxygen atoms in total. The topological polar surface area (TPSA) is 46.2 Å². The Kier molecular flexibility index (Phi) is 32.7. The van der Waals surface area contributed by atoms with Gasteiger partial charge in [0.25, 0.3) is 0 Å². The van der Waals surface area contributed by atoms with Gasteiger partial charge in [0.05, 0.1) is 26.9 Å². The number of rotatable bonds is 43. The second kappa shape index (κ2) is 38.3. The van der Waals surface area contributed by atoms with Crippen LogP contribution >= 0.6 is 0 Å². The summed E-state index contributed by atoms with van der Waals surface area (Å²) >= 11 is 0. The molecule has 0 amide bonds. The maximum atomic E-state index is 6.66. The van der Waals surface area contributed by atoms with E-state index >= 15 is 0 Å². The van der Waals surface area contributed by atoms with Gasteiger partial charge in [-0.3, -0.25) is 0 Å². The zero-order chi connectivity index (χ0) is 46.3. The minimum absolute atomic E-state index is 0.375. The summed E-state index contributed by atoms with van der Waals surface area (Å²) in [6.45, 7) is 13.1. The molecule has 65 heavy (non-hydrogen) atoms. The molecule has 0 saturated heterocycles. The van der Waals surface area contributed by atoms with Crippen LogP contribution in [0.2, 0.25) is 0 Å². The second-order valence-corrected chi connectivity index (χ2v) is 18.4. The minimum atomic E-state index is 0.375. The van der Waals surface area contributed by atoms with Gasteiger partial charge in [-0.05, 0) is 66.3 Å². The van der Waals surface area contributed by atoms with Crippen LogP contribution in [0, 0.1) is 0 Å². The van der Waals surface area contributed by atoms with Gasteiger partial charge in [-0.1, -0.05) is 243 Å². The summed E-state index contributed by atoms with van der Waals surface area (Å²) < 4.78 is 32.2. The monoisotopic (exact) mass is 895 g/mol. The Morgan fingerprint density at radius 2 is 0.800 bits per heavy atom. The summed E-state index contributed by atoms with van der Waals surface area (Å²) in [5.74, 6) is 3.86. The summed E-state index contributed by atoms with van der Waals surface area (Å²) in [4.78, 5) is 0. The molecule has 0 aromatic heterocycles. The predicted molar refractivity (Wildman–Crippen MR) is 281 cm³/mol. The lowest BCUT2D eigenvalue weighted by Gasteiger charge is -2.19. The Labute approximate surface area is 399 Å². The SMILES string of the molecule is C=Cc1ccc(C=Cc2cc(OCc3cc(OCCCCCCCCCCCC)c(OCCCCCCCCCCCC)c(OCCCCCCCCCCCC)c3)ccc2OC)cc1. The van der Waals surface area contributed by atoms with Crippen LogP contribution in [0.5, 0.6) is 28.7 Å². The maximum Gasteiger partial charge on any atom is 0.203 e. The van der Waals surface area contributed by atoms with Crippen molar-refractivity contribution in [2.45, 2.75) is 220 Å². The van der Waals surface area contributed by atoms with E-state index in [1.807, 2.05) is 24.3 Å². The average Bonchev–Trinajstić information content (AvgIpc) is 3.33. The molecule has 0 aliphatic rings. The van der Waals surface area contributed by atoms with E-state index in [0.717, 1.165) is 70.3 Å². The normalized spacial score (nSPS) is 11.3. The third-order valence-electron chi connectivity index (χ3n) is 12.6. The Balaban J connectivity index is 1.72. The lowest BCUT2D eigenvalue weighted by atomic mass is 10.1. The van der Waals surface area contributed by atoms with Crippen LogP contribution in [0.4, 0.5) is 0 Å². The van der Waals surface area contributed by atoms with Gasteiger partial charge >= 0.3 is 0 Å². The Hall–Kier alpha value is -3.86. The summed E-state index contributed by atoms with van der Waals surface area (Å²) in [6, 6.07) is 18.6. The first-order chi connectivity index (χ1) is 32.1. The van der Waals surface area contributed by atoms with Crippen LogP contribution in [-0.4, -0.2) is 26.9 Å². The van der Waals surface area contributed by atoms with E-state index in [0.29, 0.717) is 26.4 Å². The van der Waals surface area contributed by atoms with Gasteiger partial charge in [0, 0.05) is 5.56 Å². The van der Waals surface area contributed by atoms with Gasteiger partial charge in [0.15, 0.2) is 11.5 Å². The lowest BCUT2D eigenvalue weighted by molar-refractivity contribution is 0.232. The van der Waals surface area contributed by atoms with Crippen molar-refractivity contribution in [2.24, 2.45) is 0 Å². The molecular weight excluding hydrogens is 801 g/mol. The fraction of sp³-hybridized carbons (Fsp3) is 0.633. The Morgan fingerprint density at radius 1 is 0.400 bits per heavy atom. The van der Waals surface area contributed by atoms with Crippen molar-refractivity contribution in [3.63, 3.8) is 0 Å². The van der Waals surface area contributed by atoms with E-state index in [1.165, 1.54) is 173 Å². The van der Waals surface area contributed by atoms with E-state index in [2.05, 4.69) is 75.9 Å². The molecule has 0 saturated carbocycles. The molecule has 0 unspecified atom stereocenters. The number of hydrogen-bond donors (Lipinski definition) is 0. The fourth-order valence-corrected chi connectivity index (χ4v) is 8.41. The number of ether oxygens (including phenoxy) is 5. The van der Waals surface area contributed by atoms with Crippen molar-refractivity contribution in [3.05, 3.63) is 83.4 Å². The molecule has 0 aliphatic carbocycles. The average molecular weight is 895 g/mol. The summed E-state index contributed by atoms with van der Waals surface area (Å²) in [5.41, 5.74) is 4.16. The molecule has 0 fully saturated rings. The first kappa shape index (κ1) is 55.5. The van der Waals surface area contributed by atoms with Crippen LogP contribution in [0.15, 0.2) is 61.2 Å². The van der Waals surface area contributed by atoms with E-state index in [4.69, 9.17) is 23.7 Å². The number of unbranched alkanes of at least 4 members (excludes halogenated alkanes) is 27. The highest BCUT2D eigenvalue weighted by Gasteiger charge is 2.17. The second-order valence-electron chi connectivity index (χ2n) is 18.4. The van der Waals surface area contributed by atoms with Crippen LogP contribution in [0.3, 0.4) is 0 Å². The van der Waals surface area contributed by atoms with Crippen LogP contribution in [0.25, 0.3) is 18.2 Å².